The molecule has 0 N–H and O–H groups in total. The van der Waals surface area contributed by atoms with Gasteiger partial charge in [0.15, 0.2) is 0 Å². The monoisotopic (exact) mass is 1030 g/mol. The fourth-order valence-corrected chi connectivity index (χ4v) is 16.1. The van der Waals surface area contributed by atoms with Gasteiger partial charge in [-0.25, -0.2) is 0 Å². The minimum atomic E-state index is -0.659. The average Bonchev–Trinajstić information content (AvgIpc) is 4.47. The lowest BCUT2D eigenvalue weighted by molar-refractivity contribution is 0.383. The molecule has 2 nitrogen and oxygen atoms in total. The molecule has 2 fully saturated rings. The maximum atomic E-state index is 3.71. The fourth-order valence-electron chi connectivity index (χ4n) is 16.1. The molecule has 9 aromatic carbocycles. The van der Waals surface area contributed by atoms with E-state index in [4.69, 9.17) is 0 Å². The van der Waals surface area contributed by atoms with E-state index in [2.05, 4.69) is 272 Å². The SMILES string of the molecule is CC1(C)C2=C(C=C(N(c3ccccc3)c3cc4c(cc3C3=CC(C5CC6CCC5C6)=CC#CC3)-c3ccccc3C43c4ccccc4-c4cc(-c5ccccc5)c(N(c5ccccc5)c5ccccc5)cc43)CC2)c2ccccc21. The number of hydrogen-bond acceptors (Lipinski definition) is 2. The maximum Gasteiger partial charge on any atom is 0.0727 e. The van der Waals surface area contributed by atoms with Gasteiger partial charge in [0.25, 0.3) is 0 Å². The first kappa shape index (κ1) is 47.1. The van der Waals surface area contributed by atoms with Crippen molar-refractivity contribution < 1.29 is 0 Å². The molecule has 9 aromatic rings. The lowest BCUT2D eigenvalue weighted by Crippen LogP contribution is -2.27. The summed E-state index contributed by atoms with van der Waals surface area (Å²) in [6.07, 6.45) is 15.4. The van der Waals surface area contributed by atoms with E-state index in [1.165, 1.54) is 132 Å². The minimum absolute atomic E-state index is 0.0340. The van der Waals surface area contributed by atoms with Gasteiger partial charge < -0.3 is 9.80 Å². The van der Waals surface area contributed by atoms with E-state index in [0.717, 1.165) is 41.7 Å². The molecule has 2 saturated carbocycles. The summed E-state index contributed by atoms with van der Waals surface area (Å²) in [6, 6.07) is 82.5. The topological polar surface area (TPSA) is 6.48 Å². The molecule has 1 spiro atoms. The number of benzene rings is 9. The number of anilines is 5. The van der Waals surface area contributed by atoms with Crippen LogP contribution in [0.4, 0.5) is 28.4 Å². The molecule has 0 aliphatic heterocycles. The smallest absolute Gasteiger partial charge is 0.0727 e. The molecular weight excluding hydrogens is 965 g/mol. The zero-order chi connectivity index (χ0) is 53.1. The molecule has 7 aliphatic carbocycles. The molecule has 4 unspecified atom stereocenters. The van der Waals surface area contributed by atoms with Crippen molar-refractivity contribution in [1.29, 1.82) is 0 Å². The van der Waals surface area contributed by atoms with Crippen LogP contribution in [0.3, 0.4) is 0 Å². The van der Waals surface area contributed by atoms with Crippen molar-refractivity contribution in [2.45, 2.75) is 69.6 Å². The highest BCUT2D eigenvalue weighted by Crippen LogP contribution is 2.66. The first-order valence-electron chi connectivity index (χ1n) is 29.2. The summed E-state index contributed by atoms with van der Waals surface area (Å²) in [5.41, 5.74) is 28.9. The molecule has 2 heteroatoms. The van der Waals surface area contributed by atoms with Crippen LogP contribution in [-0.4, -0.2) is 0 Å². The summed E-state index contributed by atoms with van der Waals surface area (Å²) in [6.45, 7) is 4.87. The molecule has 0 amide bonds. The van der Waals surface area contributed by atoms with Crippen LogP contribution in [0.5, 0.6) is 0 Å². The second-order valence-corrected chi connectivity index (χ2v) is 24.0. The second kappa shape index (κ2) is 18.3. The van der Waals surface area contributed by atoms with Crippen LogP contribution < -0.4 is 9.80 Å². The Morgan fingerprint density at radius 3 is 1.59 bits per heavy atom. The zero-order valence-corrected chi connectivity index (χ0v) is 45.6. The Morgan fingerprint density at radius 2 is 0.988 bits per heavy atom. The van der Waals surface area contributed by atoms with Crippen molar-refractivity contribution in [3.8, 4) is 45.2 Å². The zero-order valence-electron chi connectivity index (χ0n) is 45.6. The van der Waals surface area contributed by atoms with E-state index in [1.807, 2.05) is 0 Å². The largest absolute Gasteiger partial charge is 0.314 e. The summed E-state index contributed by atoms with van der Waals surface area (Å²) in [5, 5.41) is 0. The molecule has 2 bridgehead atoms. The van der Waals surface area contributed by atoms with Crippen molar-refractivity contribution in [2.24, 2.45) is 17.8 Å². The van der Waals surface area contributed by atoms with Gasteiger partial charge in [-0.2, -0.15) is 0 Å². The Morgan fingerprint density at radius 1 is 0.450 bits per heavy atom. The fraction of sp³-hybridized carbons (Fsp3) is 0.179. The number of allylic oxidation sites excluding steroid dienone is 8. The molecule has 0 aromatic heterocycles. The molecule has 0 radical (unpaired) electrons. The Labute approximate surface area is 471 Å². The van der Waals surface area contributed by atoms with E-state index >= 15 is 0 Å². The van der Waals surface area contributed by atoms with Crippen molar-refractivity contribution in [3.63, 3.8) is 0 Å². The quantitative estimate of drug-likeness (QED) is 0.133. The molecule has 7 aliphatic rings. The molecule has 0 heterocycles. The summed E-state index contributed by atoms with van der Waals surface area (Å²) >= 11 is 0. The Hall–Kier alpha value is -8.90. The predicted octanol–water partition coefficient (Wildman–Crippen LogP) is 19.9. The van der Waals surface area contributed by atoms with Gasteiger partial charge in [0, 0.05) is 45.7 Å². The van der Waals surface area contributed by atoms with Crippen LogP contribution in [0.15, 0.2) is 253 Å². The minimum Gasteiger partial charge on any atom is -0.314 e. The highest BCUT2D eigenvalue weighted by molar-refractivity contribution is 6.02. The van der Waals surface area contributed by atoms with Gasteiger partial charge in [-0.05, 0) is 201 Å². The van der Waals surface area contributed by atoms with Gasteiger partial charge in [0.2, 0.25) is 0 Å². The van der Waals surface area contributed by atoms with E-state index < -0.39 is 5.41 Å². The lowest BCUT2D eigenvalue weighted by atomic mass is 9.70. The van der Waals surface area contributed by atoms with Crippen molar-refractivity contribution >= 4 is 39.6 Å². The Kier molecular flexibility index (Phi) is 10.8. The van der Waals surface area contributed by atoms with Crippen LogP contribution >= 0.6 is 0 Å². The van der Waals surface area contributed by atoms with E-state index in [0.29, 0.717) is 12.3 Å². The number of para-hydroxylation sites is 3. The second-order valence-electron chi connectivity index (χ2n) is 24.0. The number of rotatable bonds is 9. The number of fused-ring (bicyclic) bond motifs is 14. The van der Waals surface area contributed by atoms with Gasteiger partial charge in [0.05, 0.1) is 16.8 Å². The van der Waals surface area contributed by atoms with E-state index in [-0.39, 0.29) is 5.41 Å². The molecular formula is C78H62N2. The maximum absolute atomic E-state index is 3.71. The van der Waals surface area contributed by atoms with E-state index in [1.54, 1.807) is 5.57 Å². The molecule has 80 heavy (non-hydrogen) atoms. The molecule has 16 rings (SSSR count). The predicted molar refractivity (Wildman–Crippen MR) is 333 cm³/mol. The summed E-state index contributed by atoms with van der Waals surface area (Å²) in [7, 11) is 0. The van der Waals surface area contributed by atoms with Gasteiger partial charge in [0.1, 0.15) is 0 Å². The standard InChI is InChI=1S/C78H62N2/c1-77(2)69-36-20-17-33-60(69)66-46-59(41-42-70(66)77)80(58-31-13-6-14-32-58)76-50-74-68(48-65(76)54-26-16-15-25-53(45-54)63-44-51-39-40-55(63)43-51)62-35-19-22-38-72(62)78(74)71-37-21-18-34-61(71)67-47-64(52-23-7-3-8-24-52)75(49-73(67)78)79(56-27-9-4-10-28-56)57-29-11-5-12-30-57/h3-14,17-25,27-38,45-51,55,63H,26,39-44H2,1-2H3. The summed E-state index contributed by atoms with van der Waals surface area (Å²) in [5.74, 6) is 9.47. The third-order valence-corrected chi connectivity index (χ3v) is 19.6. The third-order valence-electron chi connectivity index (χ3n) is 19.6. The van der Waals surface area contributed by atoms with Crippen LogP contribution in [0, 0.1) is 29.6 Å². The van der Waals surface area contributed by atoms with Crippen molar-refractivity contribution in [3.05, 3.63) is 292 Å². The van der Waals surface area contributed by atoms with Crippen molar-refractivity contribution in [2.75, 3.05) is 9.80 Å². The first-order valence-corrected chi connectivity index (χ1v) is 29.2. The first-order chi connectivity index (χ1) is 39.4. The van der Waals surface area contributed by atoms with Gasteiger partial charge in [-0.3, -0.25) is 0 Å². The Bertz CT molecular complexity index is 4160. The molecule has 384 valence electrons. The highest BCUT2D eigenvalue weighted by atomic mass is 15.2. The molecule has 0 saturated heterocycles. The van der Waals surface area contributed by atoms with Gasteiger partial charge in [-0.15, -0.1) is 0 Å². The summed E-state index contributed by atoms with van der Waals surface area (Å²) < 4.78 is 0. The van der Waals surface area contributed by atoms with E-state index in [9.17, 15) is 0 Å². The van der Waals surface area contributed by atoms with Crippen LogP contribution in [0.2, 0.25) is 0 Å². The molecule has 4 atom stereocenters. The van der Waals surface area contributed by atoms with Gasteiger partial charge >= 0.3 is 0 Å². The third kappa shape index (κ3) is 7.06. The normalized spacial score (nSPS) is 21.0. The van der Waals surface area contributed by atoms with Gasteiger partial charge in [-0.1, -0.05) is 201 Å². The van der Waals surface area contributed by atoms with Crippen LogP contribution in [-0.2, 0) is 10.8 Å². The van der Waals surface area contributed by atoms with Crippen LogP contribution in [0.25, 0.3) is 44.5 Å². The lowest BCUT2D eigenvalue weighted by Gasteiger charge is -2.36. The Balaban J connectivity index is 1.00. The number of hydrogen-bond donors (Lipinski definition) is 0. The average molecular weight is 1030 g/mol. The highest BCUT2D eigenvalue weighted by Gasteiger charge is 2.53. The van der Waals surface area contributed by atoms with Crippen LogP contribution in [0.1, 0.15) is 97.7 Å². The number of nitrogens with zero attached hydrogens (tertiary/aromatic N) is 2. The summed E-state index contributed by atoms with van der Waals surface area (Å²) in [4.78, 5) is 5.15. The van der Waals surface area contributed by atoms with Crippen molar-refractivity contribution in [1.82, 2.24) is 0 Å².